The van der Waals surface area contributed by atoms with Gasteiger partial charge in [0.2, 0.25) is 11.8 Å². The van der Waals surface area contributed by atoms with E-state index in [0.29, 0.717) is 17.5 Å². The molecule has 3 aromatic heterocycles. The molecule has 0 saturated heterocycles. The summed E-state index contributed by atoms with van der Waals surface area (Å²) in [5.74, 6) is 2.10. The van der Waals surface area contributed by atoms with E-state index in [-0.39, 0.29) is 8.96 Å². The number of anilines is 1. The van der Waals surface area contributed by atoms with Crippen LogP contribution in [0.15, 0.2) is 97.5 Å². The molecule has 0 spiro atoms. The second-order valence-corrected chi connectivity index (χ2v) is 9.04. The Morgan fingerprint density at radius 1 is 0.706 bits per heavy atom. The normalized spacial score (nSPS) is 11.5. The Labute approximate surface area is 201 Å². The summed E-state index contributed by atoms with van der Waals surface area (Å²) in [5.41, 5.74) is 0.167. The van der Waals surface area contributed by atoms with E-state index in [1.54, 1.807) is 30.7 Å². The molecule has 1 atom stereocenters. The first-order valence-corrected chi connectivity index (χ1v) is 12.5. The van der Waals surface area contributed by atoms with Crippen LogP contribution in [0.2, 0.25) is 0 Å². The van der Waals surface area contributed by atoms with Crippen LogP contribution in [0.1, 0.15) is 19.4 Å². The number of pyridine rings is 3. The molecule has 174 valence electrons. The average molecular weight is 494 g/mol. The van der Waals surface area contributed by atoms with Crippen molar-refractivity contribution < 1.29 is 18.1 Å². The van der Waals surface area contributed by atoms with Crippen molar-refractivity contribution in [3.8, 4) is 17.5 Å². The Bertz CT molecular complexity index is 1110. The highest BCUT2D eigenvalue weighted by Gasteiger charge is 2.29. The predicted octanol–water partition coefficient (Wildman–Crippen LogP) is 6.51. The van der Waals surface area contributed by atoms with Crippen molar-refractivity contribution in [2.75, 3.05) is 5.09 Å². The van der Waals surface area contributed by atoms with Gasteiger partial charge in [-0.1, -0.05) is 36.4 Å². The molecule has 34 heavy (non-hydrogen) atoms. The fourth-order valence-corrected chi connectivity index (χ4v) is 4.45. The van der Waals surface area contributed by atoms with Crippen LogP contribution in [0.5, 0.6) is 17.5 Å². The maximum atomic E-state index is 6.24. The minimum atomic E-state index is -1.91. The first-order chi connectivity index (χ1) is 16.6. The number of nitrogens with zero attached hydrogens (tertiary/aromatic N) is 3. The van der Waals surface area contributed by atoms with E-state index in [1.807, 2.05) is 80.6 Å². The molecule has 0 aliphatic rings. The monoisotopic (exact) mass is 494 g/mol. The fourth-order valence-electron chi connectivity index (χ4n) is 2.83. The van der Waals surface area contributed by atoms with Gasteiger partial charge in [0.15, 0.2) is 0 Å². The van der Waals surface area contributed by atoms with E-state index in [1.165, 1.54) is 0 Å². The number of aromatic nitrogens is 3. The molecule has 0 radical (unpaired) electrons. The molecule has 10 heteroatoms. The van der Waals surface area contributed by atoms with E-state index in [2.05, 4.69) is 20.0 Å². The standard InChI is InChI=1S/C24H24N4O4P2/c1-24(2,32-33-28-21-13-5-8-16-25-21)19-11-3-4-12-20(19)29-34(30-22-14-6-9-17-26-22)31-23-15-7-10-18-27-23/h3-18,33H,1-2H3,(H,25,28). The van der Waals surface area contributed by atoms with Gasteiger partial charge in [-0.2, -0.15) is 0 Å². The van der Waals surface area contributed by atoms with Crippen LogP contribution in [0.4, 0.5) is 5.82 Å². The van der Waals surface area contributed by atoms with E-state index in [9.17, 15) is 0 Å². The van der Waals surface area contributed by atoms with Crippen LogP contribution in [0.3, 0.4) is 0 Å². The maximum absolute atomic E-state index is 6.24. The lowest BCUT2D eigenvalue weighted by molar-refractivity contribution is 0.132. The number of para-hydroxylation sites is 1. The minimum Gasteiger partial charge on any atom is -0.408 e. The van der Waals surface area contributed by atoms with Crippen LogP contribution in [-0.2, 0) is 10.1 Å². The van der Waals surface area contributed by atoms with Crippen molar-refractivity contribution in [2.24, 2.45) is 0 Å². The topological polar surface area (TPSA) is 87.6 Å². The van der Waals surface area contributed by atoms with Gasteiger partial charge in [-0.05, 0) is 44.2 Å². The molecule has 0 bridgehead atoms. The summed E-state index contributed by atoms with van der Waals surface area (Å²) in [7, 11) is -1.92. The highest BCUT2D eigenvalue weighted by Crippen LogP contribution is 2.45. The largest absolute Gasteiger partial charge is 0.532 e. The Morgan fingerprint density at radius 2 is 1.29 bits per heavy atom. The van der Waals surface area contributed by atoms with Crippen LogP contribution in [-0.4, -0.2) is 15.0 Å². The Morgan fingerprint density at radius 3 is 1.88 bits per heavy atom. The van der Waals surface area contributed by atoms with Crippen molar-refractivity contribution in [1.29, 1.82) is 0 Å². The Kier molecular flexibility index (Phi) is 8.21. The van der Waals surface area contributed by atoms with Gasteiger partial charge in [0.1, 0.15) is 20.5 Å². The van der Waals surface area contributed by atoms with Crippen LogP contribution < -0.4 is 18.7 Å². The average Bonchev–Trinajstić information content (AvgIpc) is 2.86. The van der Waals surface area contributed by atoms with Gasteiger partial charge in [0.05, 0.1) is 5.60 Å². The van der Waals surface area contributed by atoms with E-state index < -0.39 is 14.2 Å². The SMILES string of the molecule is CC(C)(OPNc1ccccn1)c1ccccc1OP(Oc1ccccn1)Oc1ccccn1. The predicted molar refractivity (Wildman–Crippen MR) is 134 cm³/mol. The number of rotatable bonds is 11. The number of nitrogens with one attached hydrogen (secondary N) is 1. The van der Waals surface area contributed by atoms with Gasteiger partial charge < -0.3 is 23.2 Å². The van der Waals surface area contributed by atoms with Gasteiger partial charge >= 0.3 is 8.60 Å². The smallest absolute Gasteiger partial charge is 0.408 e. The fraction of sp³-hybridized carbons (Fsp3) is 0.125. The number of hydrogen-bond acceptors (Lipinski definition) is 8. The zero-order chi connectivity index (χ0) is 23.6. The van der Waals surface area contributed by atoms with E-state index in [4.69, 9.17) is 18.1 Å². The number of hydrogen-bond donors (Lipinski definition) is 1. The van der Waals surface area contributed by atoms with Gasteiger partial charge in [-0.3, -0.25) is 0 Å². The van der Waals surface area contributed by atoms with Gasteiger partial charge in [0.25, 0.3) is 0 Å². The van der Waals surface area contributed by atoms with Crippen molar-refractivity contribution in [3.63, 3.8) is 0 Å². The summed E-state index contributed by atoms with van der Waals surface area (Å²) in [6.45, 7) is 3.95. The first-order valence-electron chi connectivity index (χ1n) is 10.5. The molecule has 0 aliphatic heterocycles. The van der Waals surface area contributed by atoms with Crippen molar-refractivity contribution in [1.82, 2.24) is 15.0 Å². The third-order valence-electron chi connectivity index (χ3n) is 4.47. The molecule has 0 amide bonds. The van der Waals surface area contributed by atoms with E-state index >= 15 is 0 Å². The summed E-state index contributed by atoms with van der Waals surface area (Å²) < 4.78 is 24.3. The summed E-state index contributed by atoms with van der Waals surface area (Å²) in [4.78, 5) is 12.7. The number of benzene rings is 1. The molecular formula is C24H24N4O4P2. The summed E-state index contributed by atoms with van der Waals surface area (Å²) in [6, 6.07) is 24.1. The molecule has 4 aromatic rings. The van der Waals surface area contributed by atoms with Gasteiger partial charge in [-0.25, -0.2) is 15.0 Å². The summed E-state index contributed by atoms with van der Waals surface area (Å²) in [5, 5.41) is 3.19. The Hall–Kier alpha value is -3.31. The molecular weight excluding hydrogens is 470 g/mol. The Balaban J connectivity index is 1.51. The second-order valence-electron chi connectivity index (χ2n) is 7.38. The van der Waals surface area contributed by atoms with Crippen molar-refractivity contribution >= 4 is 23.4 Å². The second kappa shape index (κ2) is 11.7. The molecule has 8 nitrogen and oxygen atoms in total. The van der Waals surface area contributed by atoms with Gasteiger partial charge in [0, 0.05) is 36.3 Å². The lowest BCUT2D eigenvalue weighted by Gasteiger charge is -2.28. The molecule has 4 rings (SSSR count). The molecule has 0 saturated carbocycles. The van der Waals surface area contributed by atoms with Crippen LogP contribution in [0.25, 0.3) is 0 Å². The van der Waals surface area contributed by atoms with E-state index in [0.717, 1.165) is 11.4 Å². The highest BCUT2D eigenvalue weighted by atomic mass is 31.2. The first kappa shape index (κ1) is 23.8. The summed E-state index contributed by atoms with van der Waals surface area (Å²) >= 11 is 0. The van der Waals surface area contributed by atoms with Crippen molar-refractivity contribution in [2.45, 2.75) is 19.4 Å². The third kappa shape index (κ3) is 6.84. The molecule has 1 unspecified atom stereocenters. The molecule has 1 N–H and O–H groups in total. The van der Waals surface area contributed by atoms with Gasteiger partial charge in [-0.15, -0.1) is 0 Å². The lowest BCUT2D eigenvalue weighted by atomic mass is 9.98. The molecule has 3 heterocycles. The lowest BCUT2D eigenvalue weighted by Crippen LogP contribution is -2.20. The van der Waals surface area contributed by atoms with Crippen LogP contribution in [0, 0.1) is 0 Å². The maximum Gasteiger partial charge on any atom is 0.532 e. The summed E-state index contributed by atoms with van der Waals surface area (Å²) in [6.07, 6.45) is 5.01. The molecule has 0 aliphatic carbocycles. The zero-order valence-corrected chi connectivity index (χ0v) is 20.6. The molecule has 0 fully saturated rings. The zero-order valence-electron chi connectivity index (χ0n) is 18.7. The van der Waals surface area contributed by atoms with Crippen LogP contribution >= 0.6 is 17.6 Å². The molecule has 1 aromatic carbocycles. The minimum absolute atomic E-state index is 0.0108. The third-order valence-corrected chi connectivity index (χ3v) is 6.46. The highest BCUT2D eigenvalue weighted by molar-refractivity contribution is 7.43. The quantitative estimate of drug-likeness (QED) is 0.236. The van der Waals surface area contributed by atoms with Crippen molar-refractivity contribution in [3.05, 3.63) is 103 Å².